The van der Waals surface area contributed by atoms with Crippen LogP contribution in [0.25, 0.3) is 0 Å². The molecule has 0 aromatic heterocycles. The van der Waals surface area contributed by atoms with Crippen LogP contribution in [0.15, 0.2) is 23.8 Å². The molecule has 1 fully saturated rings. The van der Waals surface area contributed by atoms with Gasteiger partial charge in [-0.3, -0.25) is 0 Å². The number of allylic oxidation sites excluding steroid dienone is 4. The van der Waals surface area contributed by atoms with E-state index in [1.807, 2.05) is 0 Å². The zero-order valence-electron chi connectivity index (χ0n) is 9.08. The predicted molar refractivity (Wildman–Crippen MR) is 59.9 cm³/mol. The largest absolute Gasteiger partial charge is 0.0853 e. The quantitative estimate of drug-likeness (QED) is 0.505. The average Bonchev–Trinajstić information content (AvgIpc) is 2.54. The number of fused-ring (bicyclic) bond motifs is 4. The Morgan fingerprint density at radius 2 is 2.07 bits per heavy atom. The van der Waals surface area contributed by atoms with Crippen LogP contribution in [0.2, 0.25) is 0 Å². The van der Waals surface area contributed by atoms with E-state index in [0.717, 1.165) is 23.7 Å². The Kier molecular flexibility index (Phi) is 2.04. The van der Waals surface area contributed by atoms with Gasteiger partial charge in [0.15, 0.2) is 0 Å². The van der Waals surface area contributed by atoms with Crippen molar-refractivity contribution >= 4 is 0 Å². The van der Waals surface area contributed by atoms with Crippen molar-refractivity contribution in [2.24, 2.45) is 23.7 Å². The summed E-state index contributed by atoms with van der Waals surface area (Å²) >= 11 is 0. The molecule has 0 amide bonds. The van der Waals surface area contributed by atoms with Crippen LogP contribution in [0.3, 0.4) is 0 Å². The van der Waals surface area contributed by atoms with E-state index in [1.165, 1.54) is 32.1 Å². The maximum atomic E-state index is 2.53. The van der Waals surface area contributed by atoms with Gasteiger partial charge in [-0.05, 0) is 62.7 Å². The van der Waals surface area contributed by atoms with Gasteiger partial charge in [0.1, 0.15) is 0 Å². The van der Waals surface area contributed by atoms with Crippen LogP contribution < -0.4 is 0 Å². The Labute approximate surface area is 87.1 Å². The fraction of sp³-hybridized carbons (Fsp3) is 0.714. The molecule has 4 atom stereocenters. The summed E-state index contributed by atoms with van der Waals surface area (Å²) in [7, 11) is 0. The second kappa shape index (κ2) is 3.25. The lowest BCUT2D eigenvalue weighted by Crippen LogP contribution is -2.24. The van der Waals surface area contributed by atoms with Crippen LogP contribution in [0.1, 0.15) is 39.0 Å². The first-order valence-corrected chi connectivity index (χ1v) is 6.19. The molecule has 0 N–H and O–H groups in total. The summed E-state index contributed by atoms with van der Waals surface area (Å²) in [5.41, 5.74) is 1.70. The molecule has 2 bridgehead atoms. The molecule has 4 unspecified atom stereocenters. The normalized spacial score (nSPS) is 45.6. The Hall–Kier alpha value is -0.520. The monoisotopic (exact) mass is 188 g/mol. The second-order valence-corrected chi connectivity index (χ2v) is 5.42. The van der Waals surface area contributed by atoms with E-state index >= 15 is 0 Å². The van der Waals surface area contributed by atoms with Gasteiger partial charge in [0.2, 0.25) is 0 Å². The van der Waals surface area contributed by atoms with Crippen LogP contribution in [-0.2, 0) is 0 Å². The van der Waals surface area contributed by atoms with Crippen molar-refractivity contribution in [2.45, 2.75) is 39.0 Å². The summed E-state index contributed by atoms with van der Waals surface area (Å²) in [5, 5.41) is 0. The fourth-order valence-electron chi connectivity index (χ4n) is 3.88. The van der Waals surface area contributed by atoms with Gasteiger partial charge in [0.05, 0.1) is 0 Å². The Bertz CT molecular complexity index is 284. The van der Waals surface area contributed by atoms with Crippen LogP contribution in [0.5, 0.6) is 0 Å². The minimum absolute atomic E-state index is 0.927. The molecule has 1 saturated carbocycles. The average molecular weight is 188 g/mol. The van der Waals surface area contributed by atoms with Crippen LogP contribution in [0.4, 0.5) is 0 Å². The zero-order valence-corrected chi connectivity index (χ0v) is 9.08. The lowest BCUT2D eigenvalue weighted by molar-refractivity contribution is 0.269. The summed E-state index contributed by atoms with van der Waals surface area (Å²) < 4.78 is 0. The van der Waals surface area contributed by atoms with Gasteiger partial charge >= 0.3 is 0 Å². The first kappa shape index (κ1) is 8.76. The molecule has 3 rings (SSSR count). The molecule has 0 spiro atoms. The third kappa shape index (κ3) is 1.27. The summed E-state index contributed by atoms with van der Waals surface area (Å²) in [5.74, 6) is 3.78. The highest BCUT2D eigenvalue weighted by molar-refractivity contribution is 5.16. The van der Waals surface area contributed by atoms with Gasteiger partial charge in [-0.15, -0.1) is 0 Å². The van der Waals surface area contributed by atoms with Crippen molar-refractivity contribution in [3.8, 4) is 0 Å². The number of hydrogen-bond donors (Lipinski definition) is 0. The second-order valence-electron chi connectivity index (χ2n) is 5.42. The smallest absolute Gasteiger partial charge is 0.0172 e. The van der Waals surface area contributed by atoms with Crippen molar-refractivity contribution in [1.82, 2.24) is 0 Å². The van der Waals surface area contributed by atoms with Crippen LogP contribution in [0, 0.1) is 23.7 Å². The van der Waals surface area contributed by atoms with E-state index in [1.54, 1.807) is 5.57 Å². The molecule has 3 aliphatic rings. The first-order chi connectivity index (χ1) is 6.84. The topological polar surface area (TPSA) is 0 Å². The molecular formula is C14H20. The van der Waals surface area contributed by atoms with Crippen molar-refractivity contribution in [3.63, 3.8) is 0 Å². The zero-order chi connectivity index (χ0) is 9.54. The molecule has 14 heavy (non-hydrogen) atoms. The Morgan fingerprint density at radius 3 is 3.00 bits per heavy atom. The van der Waals surface area contributed by atoms with Gasteiger partial charge in [0, 0.05) is 0 Å². The van der Waals surface area contributed by atoms with E-state index in [2.05, 4.69) is 25.2 Å². The molecule has 3 aliphatic carbocycles. The van der Waals surface area contributed by atoms with Gasteiger partial charge in [0.25, 0.3) is 0 Å². The molecule has 0 nitrogen and oxygen atoms in total. The summed E-state index contributed by atoms with van der Waals surface area (Å²) in [6, 6.07) is 0. The molecule has 0 heteroatoms. The molecule has 0 aromatic rings. The molecule has 0 saturated heterocycles. The van der Waals surface area contributed by atoms with Gasteiger partial charge in [-0.1, -0.05) is 23.8 Å². The highest BCUT2D eigenvalue weighted by atomic mass is 14.4. The molecular weight excluding hydrogens is 168 g/mol. The van der Waals surface area contributed by atoms with E-state index in [4.69, 9.17) is 0 Å². The van der Waals surface area contributed by atoms with E-state index in [-0.39, 0.29) is 0 Å². The summed E-state index contributed by atoms with van der Waals surface area (Å²) in [4.78, 5) is 0. The molecule has 0 radical (unpaired) electrons. The summed E-state index contributed by atoms with van der Waals surface area (Å²) in [6.45, 7) is 2.36. The van der Waals surface area contributed by atoms with Crippen molar-refractivity contribution in [1.29, 1.82) is 0 Å². The lowest BCUT2D eigenvalue weighted by atomic mass is 9.72. The van der Waals surface area contributed by atoms with Gasteiger partial charge < -0.3 is 0 Å². The SMILES string of the molecule is CC1=CCCC2C3C=CC(CCC12)C3. The molecule has 76 valence electrons. The number of rotatable bonds is 0. The molecule has 0 aliphatic heterocycles. The van der Waals surface area contributed by atoms with Crippen LogP contribution in [-0.4, -0.2) is 0 Å². The minimum atomic E-state index is 0.927. The lowest BCUT2D eigenvalue weighted by Gasteiger charge is -2.33. The van der Waals surface area contributed by atoms with E-state index in [0.29, 0.717) is 0 Å². The summed E-state index contributed by atoms with van der Waals surface area (Å²) in [6.07, 6.45) is 14.7. The highest BCUT2D eigenvalue weighted by Crippen LogP contribution is 2.47. The van der Waals surface area contributed by atoms with Gasteiger partial charge in [-0.25, -0.2) is 0 Å². The number of hydrogen-bond acceptors (Lipinski definition) is 0. The molecule has 0 heterocycles. The minimum Gasteiger partial charge on any atom is -0.0853 e. The van der Waals surface area contributed by atoms with Crippen molar-refractivity contribution in [3.05, 3.63) is 23.8 Å². The maximum Gasteiger partial charge on any atom is -0.0172 e. The highest BCUT2D eigenvalue weighted by Gasteiger charge is 2.37. The van der Waals surface area contributed by atoms with Crippen LogP contribution >= 0.6 is 0 Å². The van der Waals surface area contributed by atoms with Crippen molar-refractivity contribution in [2.75, 3.05) is 0 Å². The van der Waals surface area contributed by atoms with Gasteiger partial charge in [-0.2, -0.15) is 0 Å². The first-order valence-electron chi connectivity index (χ1n) is 6.19. The Balaban J connectivity index is 1.91. The van der Waals surface area contributed by atoms with E-state index < -0.39 is 0 Å². The van der Waals surface area contributed by atoms with Crippen molar-refractivity contribution < 1.29 is 0 Å². The Morgan fingerprint density at radius 1 is 1.14 bits per heavy atom. The third-order valence-electron chi connectivity index (χ3n) is 4.67. The fourth-order valence-corrected chi connectivity index (χ4v) is 3.88. The molecule has 0 aromatic carbocycles. The maximum absolute atomic E-state index is 2.53. The standard InChI is InChI=1S/C14H20/c1-10-3-2-4-14-12-7-5-11(9-12)6-8-13(10)14/h3,5,7,11-14H,2,4,6,8-9H2,1H3. The third-order valence-corrected chi connectivity index (χ3v) is 4.67. The van der Waals surface area contributed by atoms with E-state index in [9.17, 15) is 0 Å². The predicted octanol–water partition coefficient (Wildman–Crippen LogP) is 3.95.